The highest BCUT2D eigenvalue weighted by Crippen LogP contribution is 2.25. The molecule has 0 fully saturated rings. The molecule has 0 aliphatic rings. The summed E-state index contributed by atoms with van der Waals surface area (Å²) in [4.78, 5) is 23.8. The molecule has 4 rings (SSSR count). The van der Waals surface area contributed by atoms with E-state index in [1.807, 2.05) is 34.9 Å². The fourth-order valence-corrected chi connectivity index (χ4v) is 3.47. The van der Waals surface area contributed by atoms with Crippen molar-refractivity contribution in [3.63, 3.8) is 0 Å². The zero-order valence-corrected chi connectivity index (χ0v) is 17.6. The smallest absolute Gasteiger partial charge is 0.371 e. The standard InChI is InChI=1S/C25H19N3O5/c1-32-19-6-4-5-18(12-19)27-24(29)16(13-26)11-17-14-28(22-8-3-2-7-21(17)22)15-20-9-10-23(33-20)25(30)31/h2-12,14H,15H2,1H3,(H,27,29)(H,30,31)/b16-11-. The Hall–Kier alpha value is -4.77. The van der Waals surface area contributed by atoms with Crippen molar-refractivity contribution < 1.29 is 23.8 Å². The van der Waals surface area contributed by atoms with Gasteiger partial charge in [-0.3, -0.25) is 4.79 Å². The van der Waals surface area contributed by atoms with Crippen LogP contribution in [0.15, 0.2) is 76.9 Å². The maximum absolute atomic E-state index is 12.7. The Morgan fingerprint density at radius 1 is 1.18 bits per heavy atom. The van der Waals surface area contributed by atoms with Gasteiger partial charge in [-0.15, -0.1) is 0 Å². The van der Waals surface area contributed by atoms with Crippen molar-refractivity contribution in [2.75, 3.05) is 12.4 Å². The Kier molecular flexibility index (Phi) is 5.96. The van der Waals surface area contributed by atoms with Crippen LogP contribution in [0.1, 0.15) is 21.9 Å². The highest BCUT2D eigenvalue weighted by atomic mass is 16.5. The molecule has 0 spiro atoms. The van der Waals surface area contributed by atoms with Crippen LogP contribution in [-0.4, -0.2) is 28.7 Å². The first-order valence-corrected chi connectivity index (χ1v) is 9.95. The Bertz CT molecular complexity index is 1420. The number of nitrogens with zero attached hydrogens (tertiary/aromatic N) is 2. The van der Waals surface area contributed by atoms with Crippen molar-refractivity contribution in [1.29, 1.82) is 5.26 Å². The average molecular weight is 441 g/mol. The number of amides is 1. The third-order valence-electron chi connectivity index (χ3n) is 5.01. The topological polar surface area (TPSA) is 117 Å². The molecule has 0 unspecified atom stereocenters. The predicted octanol–water partition coefficient (Wildman–Crippen LogP) is 4.54. The van der Waals surface area contributed by atoms with E-state index >= 15 is 0 Å². The lowest BCUT2D eigenvalue weighted by molar-refractivity contribution is -0.112. The molecule has 2 N–H and O–H groups in total. The Morgan fingerprint density at radius 3 is 2.73 bits per heavy atom. The summed E-state index contributed by atoms with van der Waals surface area (Å²) in [5.41, 5.74) is 1.97. The summed E-state index contributed by atoms with van der Waals surface area (Å²) < 4.78 is 12.4. The molecule has 2 heterocycles. The van der Waals surface area contributed by atoms with Crippen molar-refractivity contribution in [3.05, 3.63) is 89.5 Å². The SMILES string of the molecule is COc1cccc(NC(=O)/C(C#N)=C\c2cn(Cc3ccc(C(=O)O)o3)c3ccccc23)c1. The van der Waals surface area contributed by atoms with Gasteiger partial charge in [-0.2, -0.15) is 5.26 Å². The monoisotopic (exact) mass is 441 g/mol. The van der Waals surface area contributed by atoms with E-state index in [-0.39, 0.29) is 11.3 Å². The van der Waals surface area contributed by atoms with Crippen LogP contribution in [0.5, 0.6) is 5.75 Å². The van der Waals surface area contributed by atoms with Crippen LogP contribution < -0.4 is 10.1 Å². The number of aromatic nitrogens is 1. The number of methoxy groups -OCH3 is 1. The fourth-order valence-electron chi connectivity index (χ4n) is 3.47. The number of hydrogen-bond donors (Lipinski definition) is 2. The second kappa shape index (κ2) is 9.16. The van der Waals surface area contributed by atoms with Gasteiger partial charge < -0.3 is 24.1 Å². The fraction of sp³-hybridized carbons (Fsp3) is 0.0800. The van der Waals surface area contributed by atoms with Gasteiger partial charge in [0.2, 0.25) is 5.76 Å². The number of nitriles is 1. The highest BCUT2D eigenvalue weighted by Gasteiger charge is 2.15. The third kappa shape index (κ3) is 4.62. The van der Waals surface area contributed by atoms with Crippen LogP contribution in [-0.2, 0) is 11.3 Å². The van der Waals surface area contributed by atoms with E-state index in [0.717, 1.165) is 10.9 Å². The van der Waals surface area contributed by atoms with Crippen LogP contribution in [0.25, 0.3) is 17.0 Å². The second-order valence-corrected chi connectivity index (χ2v) is 7.16. The summed E-state index contributed by atoms with van der Waals surface area (Å²) in [6.45, 7) is 0.291. The molecular weight excluding hydrogens is 422 g/mol. The number of furan rings is 1. The van der Waals surface area contributed by atoms with Gasteiger partial charge in [0, 0.05) is 34.4 Å². The molecule has 0 aliphatic heterocycles. The zero-order valence-electron chi connectivity index (χ0n) is 17.6. The van der Waals surface area contributed by atoms with E-state index in [4.69, 9.17) is 14.3 Å². The van der Waals surface area contributed by atoms with Crippen molar-refractivity contribution >= 4 is 34.5 Å². The van der Waals surface area contributed by atoms with Crippen LogP contribution in [0.3, 0.4) is 0 Å². The van der Waals surface area contributed by atoms with E-state index in [2.05, 4.69) is 5.32 Å². The van der Waals surface area contributed by atoms with Gasteiger partial charge in [-0.25, -0.2) is 4.79 Å². The summed E-state index contributed by atoms with van der Waals surface area (Å²) in [7, 11) is 1.53. The minimum atomic E-state index is -1.14. The molecule has 0 atom stereocenters. The summed E-state index contributed by atoms with van der Waals surface area (Å²) in [5, 5.41) is 22.2. The first-order valence-electron chi connectivity index (χ1n) is 9.95. The average Bonchev–Trinajstić information content (AvgIpc) is 3.43. The lowest BCUT2D eigenvalue weighted by Gasteiger charge is -2.06. The lowest BCUT2D eigenvalue weighted by atomic mass is 10.1. The van der Waals surface area contributed by atoms with Crippen LogP contribution in [0, 0.1) is 11.3 Å². The number of carboxylic acid groups (broad SMARTS) is 1. The van der Waals surface area contributed by atoms with Crippen LogP contribution >= 0.6 is 0 Å². The quantitative estimate of drug-likeness (QED) is 0.321. The largest absolute Gasteiger partial charge is 0.497 e. The molecule has 0 aliphatic carbocycles. The summed E-state index contributed by atoms with van der Waals surface area (Å²) in [5.74, 6) is -0.757. The number of para-hydroxylation sites is 1. The Morgan fingerprint density at radius 2 is 2.00 bits per heavy atom. The predicted molar refractivity (Wildman–Crippen MR) is 122 cm³/mol. The number of hydrogen-bond acceptors (Lipinski definition) is 5. The molecule has 1 amide bonds. The molecule has 4 aromatic rings. The molecule has 164 valence electrons. The van der Waals surface area contributed by atoms with Gasteiger partial charge in [0.05, 0.1) is 13.7 Å². The minimum absolute atomic E-state index is 0.0631. The lowest BCUT2D eigenvalue weighted by Crippen LogP contribution is -2.13. The van der Waals surface area contributed by atoms with Crippen molar-refractivity contribution in [3.8, 4) is 11.8 Å². The number of aromatic carboxylic acids is 1. The summed E-state index contributed by atoms with van der Waals surface area (Å²) in [6, 6.07) is 19.4. The first-order chi connectivity index (χ1) is 16.0. The van der Waals surface area contributed by atoms with Crippen LogP contribution in [0.2, 0.25) is 0 Å². The molecule has 0 saturated carbocycles. The van der Waals surface area contributed by atoms with E-state index in [9.17, 15) is 14.9 Å². The van der Waals surface area contributed by atoms with Gasteiger partial charge in [-0.1, -0.05) is 24.3 Å². The number of carbonyl (C=O) groups is 2. The van der Waals surface area contributed by atoms with E-state index < -0.39 is 11.9 Å². The molecule has 2 aromatic carbocycles. The number of fused-ring (bicyclic) bond motifs is 1. The molecule has 33 heavy (non-hydrogen) atoms. The summed E-state index contributed by atoms with van der Waals surface area (Å²) >= 11 is 0. The molecule has 8 nitrogen and oxygen atoms in total. The molecule has 2 aromatic heterocycles. The van der Waals surface area contributed by atoms with Crippen molar-refractivity contribution in [2.24, 2.45) is 0 Å². The molecule has 0 saturated heterocycles. The highest BCUT2D eigenvalue weighted by molar-refractivity contribution is 6.10. The molecule has 8 heteroatoms. The van der Waals surface area contributed by atoms with E-state index in [0.29, 0.717) is 29.3 Å². The van der Waals surface area contributed by atoms with Crippen molar-refractivity contribution in [2.45, 2.75) is 6.54 Å². The molecular formula is C25H19N3O5. The third-order valence-corrected chi connectivity index (χ3v) is 5.01. The number of rotatable bonds is 7. The van der Waals surface area contributed by atoms with Gasteiger partial charge in [0.1, 0.15) is 23.2 Å². The molecule has 0 radical (unpaired) electrons. The van der Waals surface area contributed by atoms with E-state index in [1.54, 1.807) is 36.5 Å². The summed E-state index contributed by atoms with van der Waals surface area (Å²) in [6.07, 6.45) is 3.32. The normalized spacial score (nSPS) is 11.2. The number of ether oxygens (including phenoxy) is 1. The Labute approximate surface area is 188 Å². The van der Waals surface area contributed by atoms with Gasteiger partial charge in [-0.05, 0) is 36.4 Å². The first kappa shape index (κ1) is 21.5. The minimum Gasteiger partial charge on any atom is -0.497 e. The van der Waals surface area contributed by atoms with E-state index in [1.165, 1.54) is 19.3 Å². The second-order valence-electron chi connectivity index (χ2n) is 7.16. The maximum Gasteiger partial charge on any atom is 0.371 e. The number of nitrogens with one attached hydrogen (secondary N) is 1. The zero-order chi connectivity index (χ0) is 23.4. The Balaban J connectivity index is 1.65. The number of carbonyl (C=O) groups excluding carboxylic acids is 1. The maximum atomic E-state index is 12.7. The molecule has 0 bridgehead atoms. The van der Waals surface area contributed by atoms with Gasteiger partial charge in [0.15, 0.2) is 0 Å². The van der Waals surface area contributed by atoms with Gasteiger partial charge in [0.25, 0.3) is 5.91 Å². The number of carboxylic acids is 1. The number of benzene rings is 2. The van der Waals surface area contributed by atoms with Gasteiger partial charge >= 0.3 is 5.97 Å². The number of anilines is 1. The van der Waals surface area contributed by atoms with Crippen molar-refractivity contribution in [1.82, 2.24) is 4.57 Å². The van der Waals surface area contributed by atoms with Crippen LogP contribution in [0.4, 0.5) is 5.69 Å².